The lowest BCUT2D eigenvalue weighted by molar-refractivity contribution is -0.150. The number of aromatic nitrogens is 1. The number of esters is 1. The predicted molar refractivity (Wildman–Crippen MR) is 130 cm³/mol. The molecule has 1 amide bonds. The number of carbonyl (C=O) groups is 4. The van der Waals surface area contributed by atoms with Gasteiger partial charge in [-0.25, -0.2) is 4.79 Å². The summed E-state index contributed by atoms with van der Waals surface area (Å²) in [6.07, 6.45) is 0. The smallest absolute Gasteiger partial charge is 0.331 e. The van der Waals surface area contributed by atoms with Gasteiger partial charge in [-0.05, 0) is 26.8 Å². The summed E-state index contributed by atoms with van der Waals surface area (Å²) < 4.78 is 9.43. The molecule has 0 aliphatic carbocycles. The number of aryl methyl sites for hydroxylation is 1. The van der Waals surface area contributed by atoms with Crippen LogP contribution in [-0.2, 0) is 19.1 Å². The normalized spacial score (nSPS) is 20.4. The second-order valence-electron chi connectivity index (χ2n) is 8.55. The first-order chi connectivity index (χ1) is 16.8. The highest BCUT2D eigenvalue weighted by molar-refractivity contribution is 8.01. The van der Waals surface area contributed by atoms with Crippen molar-refractivity contribution in [3.63, 3.8) is 0 Å². The van der Waals surface area contributed by atoms with Gasteiger partial charge in [-0.1, -0.05) is 35.0 Å². The van der Waals surface area contributed by atoms with E-state index in [2.05, 4.69) is 15.8 Å². The number of nitrogens with zero attached hydrogens (tertiary/aromatic N) is 1. The largest absolute Gasteiger partial charge is 0.480 e. The minimum absolute atomic E-state index is 0.0141. The molecule has 0 saturated carbocycles. The minimum atomic E-state index is -1.48. The van der Waals surface area contributed by atoms with Gasteiger partial charge >= 0.3 is 17.9 Å². The Labute approximate surface area is 214 Å². The van der Waals surface area contributed by atoms with Crippen LogP contribution in [-0.4, -0.2) is 74.0 Å². The molecule has 36 heavy (non-hydrogen) atoms. The summed E-state index contributed by atoms with van der Waals surface area (Å²) in [5.41, 5.74) is 6.01. The maximum atomic E-state index is 13.4. The van der Waals surface area contributed by atoms with Crippen LogP contribution in [0.5, 0.6) is 0 Å². The van der Waals surface area contributed by atoms with Gasteiger partial charge in [0.15, 0.2) is 6.04 Å². The van der Waals surface area contributed by atoms with Crippen LogP contribution in [0, 0.1) is 6.92 Å². The number of carbonyl (C=O) groups excluding carboxylic acids is 2. The van der Waals surface area contributed by atoms with E-state index in [1.165, 1.54) is 6.92 Å². The van der Waals surface area contributed by atoms with E-state index in [0.717, 1.165) is 11.8 Å². The van der Waals surface area contributed by atoms with Crippen molar-refractivity contribution < 1.29 is 38.7 Å². The molecule has 1 fully saturated rings. The molecule has 6 N–H and O–H groups in total. The van der Waals surface area contributed by atoms with Gasteiger partial charge in [-0.3, -0.25) is 19.7 Å². The Kier molecular flexibility index (Phi) is 8.29. The van der Waals surface area contributed by atoms with Crippen LogP contribution in [0.25, 0.3) is 11.3 Å². The zero-order chi connectivity index (χ0) is 26.8. The number of carboxylic acid groups (broad SMARTS) is 2. The first-order valence-electron chi connectivity index (χ1n) is 10.7. The van der Waals surface area contributed by atoms with Crippen LogP contribution in [0.1, 0.15) is 30.0 Å². The molecule has 3 rings (SSSR count). The van der Waals surface area contributed by atoms with E-state index in [1.54, 1.807) is 38.1 Å². The lowest BCUT2D eigenvalue weighted by Crippen LogP contribution is -2.55. The molecule has 1 aliphatic heterocycles. The van der Waals surface area contributed by atoms with E-state index in [1.807, 2.05) is 0 Å². The van der Waals surface area contributed by atoms with Crippen molar-refractivity contribution in [2.45, 2.75) is 49.0 Å². The first kappa shape index (κ1) is 27.5. The number of rotatable bonds is 9. The first-order valence-corrected chi connectivity index (χ1v) is 11.9. The van der Waals surface area contributed by atoms with Crippen LogP contribution < -0.4 is 16.4 Å². The number of hydrogen-bond acceptors (Lipinski definition) is 10. The second-order valence-corrected chi connectivity index (χ2v) is 10.8. The summed E-state index contributed by atoms with van der Waals surface area (Å²) >= 11 is 7.37. The van der Waals surface area contributed by atoms with Crippen LogP contribution in [0.15, 0.2) is 28.8 Å². The Bertz CT molecular complexity index is 1190. The lowest BCUT2D eigenvalue weighted by Gasteiger charge is -2.24. The molecule has 2 aromatic rings. The van der Waals surface area contributed by atoms with E-state index in [9.17, 15) is 24.3 Å². The molecule has 0 spiro atoms. The third kappa shape index (κ3) is 5.81. The van der Waals surface area contributed by atoms with Gasteiger partial charge in [-0.15, -0.1) is 11.8 Å². The molecular weight excluding hydrogens is 516 g/mol. The van der Waals surface area contributed by atoms with Gasteiger partial charge in [-0.2, -0.15) is 0 Å². The van der Waals surface area contributed by atoms with Crippen molar-refractivity contribution in [2.75, 3.05) is 6.61 Å². The molecule has 1 aromatic heterocycles. The number of nitrogens with one attached hydrogen (secondary N) is 2. The molecule has 1 unspecified atom stereocenters. The highest BCUT2D eigenvalue weighted by Gasteiger charge is 2.50. The molecule has 1 saturated heterocycles. The molecule has 14 heteroatoms. The Morgan fingerprint density at radius 1 is 1.31 bits per heavy atom. The number of amides is 1. The van der Waals surface area contributed by atoms with Crippen LogP contribution in [0.2, 0.25) is 5.02 Å². The number of nitrogens with two attached hydrogens (primary N) is 1. The summed E-state index contributed by atoms with van der Waals surface area (Å²) in [6, 6.07) is 2.72. The van der Waals surface area contributed by atoms with Crippen molar-refractivity contribution in [3.05, 3.63) is 40.6 Å². The highest BCUT2D eigenvalue weighted by atomic mass is 35.5. The van der Waals surface area contributed by atoms with Gasteiger partial charge in [0, 0.05) is 10.3 Å². The van der Waals surface area contributed by atoms with Crippen LogP contribution in [0.3, 0.4) is 0 Å². The van der Waals surface area contributed by atoms with E-state index < -0.39 is 58.7 Å². The molecular formula is C22H25ClN4O8S. The molecule has 2 heterocycles. The summed E-state index contributed by atoms with van der Waals surface area (Å²) in [5.74, 6) is -4.13. The third-order valence-electron chi connectivity index (χ3n) is 5.49. The van der Waals surface area contributed by atoms with E-state index >= 15 is 0 Å². The molecule has 12 nitrogen and oxygen atoms in total. The lowest BCUT2D eigenvalue weighted by atomic mass is 10.0. The van der Waals surface area contributed by atoms with Gasteiger partial charge in [0.2, 0.25) is 0 Å². The van der Waals surface area contributed by atoms with Crippen molar-refractivity contribution >= 4 is 47.2 Å². The molecule has 1 aromatic carbocycles. The quantitative estimate of drug-likeness (QED) is 0.286. The van der Waals surface area contributed by atoms with Crippen LogP contribution in [0.4, 0.5) is 0 Å². The van der Waals surface area contributed by atoms with E-state index in [-0.39, 0.29) is 17.0 Å². The third-order valence-corrected chi connectivity index (χ3v) is 7.32. The van der Waals surface area contributed by atoms with Crippen LogP contribution >= 0.6 is 23.4 Å². The minimum Gasteiger partial charge on any atom is -0.480 e. The molecule has 0 radical (unpaired) electrons. The Balaban J connectivity index is 1.92. The Morgan fingerprint density at radius 3 is 2.56 bits per heavy atom. The zero-order valence-corrected chi connectivity index (χ0v) is 21.1. The molecule has 194 valence electrons. The molecule has 1 aliphatic rings. The maximum absolute atomic E-state index is 13.4. The number of aliphatic carboxylic acids is 2. The number of carboxylic acids is 2. The van der Waals surface area contributed by atoms with E-state index in [0.29, 0.717) is 10.6 Å². The Hall–Kier alpha value is -3.13. The highest BCUT2D eigenvalue weighted by Crippen LogP contribution is 2.39. The monoisotopic (exact) mass is 540 g/mol. The topological polar surface area (TPSA) is 194 Å². The summed E-state index contributed by atoms with van der Waals surface area (Å²) in [5, 5.41) is 27.3. The second kappa shape index (κ2) is 10.9. The SMILES string of the molecule is Cc1onc(-c2ccccc2Cl)c1C(=O)N[C@@H](C(=O)OC[C@H](N)C(=O)O)[C@@H]1NC(C(=O)O)C(C)(C)S1. The van der Waals surface area contributed by atoms with Crippen molar-refractivity contribution in [2.24, 2.45) is 5.73 Å². The number of thioether (sulfide) groups is 1. The fourth-order valence-electron chi connectivity index (χ4n) is 3.61. The number of ether oxygens (including phenoxy) is 1. The summed E-state index contributed by atoms with van der Waals surface area (Å²) in [4.78, 5) is 49.1. The van der Waals surface area contributed by atoms with Gasteiger partial charge in [0.05, 0.1) is 10.4 Å². The maximum Gasteiger partial charge on any atom is 0.331 e. The fourth-order valence-corrected chi connectivity index (χ4v) is 5.31. The van der Waals surface area contributed by atoms with Crippen molar-refractivity contribution in [1.29, 1.82) is 0 Å². The average Bonchev–Trinajstić information content (AvgIpc) is 3.34. The predicted octanol–water partition coefficient (Wildman–Crippen LogP) is 1.25. The Morgan fingerprint density at radius 2 is 1.97 bits per heavy atom. The van der Waals surface area contributed by atoms with E-state index in [4.69, 9.17) is 31.7 Å². The molecule has 4 atom stereocenters. The summed E-state index contributed by atoms with van der Waals surface area (Å²) in [6.45, 7) is 4.20. The van der Waals surface area contributed by atoms with Crippen molar-refractivity contribution in [3.8, 4) is 11.3 Å². The van der Waals surface area contributed by atoms with Crippen molar-refractivity contribution in [1.82, 2.24) is 15.8 Å². The fraction of sp³-hybridized carbons (Fsp3) is 0.409. The average molecular weight is 541 g/mol. The number of benzene rings is 1. The number of halogens is 1. The van der Waals surface area contributed by atoms with Gasteiger partial charge in [0.1, 0.15) is 35.7 Å². The molecule has 0 bridgehead atoms. The summed E-state index contributed by atoms with van der Waals surface area (Å²) in [7, 11) is 0. The standard InChI is InChI=1S/C22H25ClN4O8S/c1-9-13(14(27-35-9)10-6-4-5-7-11(10)23)17(28)25-15(21(33)34-8-12(24)19(29)30)18-26-16(20(31)32)22(2,3)36-18/h4-7,12,15-16,18,26H,8,24H2,1-3H3,(H,25,28)(H,29,30)(H,31,32)/t12-,15+,16?,18+/m0/s1. The van der Waals surface area contributed by atoms with Gasteiger partial charge < -0.3 is 30.5 Å². The van der Waals surface area contributed by atoms with Gasteiger partial charge in [0.25, 0.3) is 5.91 Å². The zero-order valence-electron chi connectivity index (χ0n) is 19.5. The number of hydrogen-bond donors (Lipinski definition) is 5.